The molecule has 0 bridgehead atoms. The monoisotopic (exact) mass is 517 g/mol. The van der Waals surface area contributed by atoms with Crippen molar-refractivity contribution in [3.8, 4) is 0 Å². The van der Waals surface area contributed by atoms with Crippen molar-refractivity contribution in [2.75, 3.05) is 17.2 Å². The molecule has 0 fully saturated rings. The van der Waals surface area contributed by atoms with Crippen molar-refractivity contribution in [1.29, 1.82) is 0 Å². The van der Waals surface area contributed by atoms with E-state index in [1.54, 1.807) is 36.4 Å². The minimum absolute atomic E-state index is 0.133. The summed E-state index contributed by atoms with van der Waals surface area (Å²) < 4.78 is 27.0. The molecule has 11 heteroatoms. The van der Waals surface area contributed by atoms with Crippen molar-refractivity contribution in [1.82, 2.24) is 10.2 Å². The molecule has 1 atom stereocenters. The summed E-state index contributed by atoms with van der Waals surface area (Å²) in [5.41, 5.74) is 7.21. The molecule has 35 heavy (non-hydrogen) atoms. The van der Waals surface area contributed by atoms with Gasteiger partial charge in [0.15, 0.2) is 5.82 Å². The number of nitrogens with zero attached hydrogens (tertiary/aromatic N) is 1. The number of hydrogen-bond acceptors (Lipinski definition) is 4. The second-order valence-electron chi connectivity index (χ2n) is 7.74. The van der Waals surface area contributed by atoms with Gasteiger partial charge in [-0.1, -0.05) is 29.3 Å². The van der Waals surface area contributed by atoms with Crippen molar-refractivity contribution >= 4 is 57.4 Å². The number of halogens is 4. The fraction of sp³-hybridized carbons (Fsp3) is 0.125. The minimum atomic E-state index is -0.874. The Morgan fingerprint density at radius 1 is 0.971 bits per heavy atom. The van der Waals surface area contributed by atoms with Crippen LogP contribution in [0.2, 0.25) is 10.0 Å². The molecule has 0 saturated heterocycles. The molecule has 0 aliphatic heterocycles. The number of carbonyl (C=O) groups excluding carboxylic acids is 2. The average Bonchev–Trinajstić information content (AvgIpc) is 3.20. The molecule has 0 radical (unpaired) electrons. The van der Waals surface area contributed by atoms with Gasteiger partial charge in [0.2, 0.25) is 5.91 Å². The van der Waals surface area contributed by atoms with Crippen LogP contribution in [-0.4, -0.2) is 28.6 Å². The van der Waals surface area contributed by atoms with Crippen molar-refractivity contribution in [2.24, 2.45) is 5.73 Å². The first-order valence-electron chi connectivity index (χ1n) is 10.5. The quantitative estimate of drug-likeness (QED) is 0.260. The Morgan fingerprint density at radius 2 is 1.71 bits per heavy atom. The van der Waals surface area contributed by atoms with Crippen LogP contribution in [0, 0.1) is 11.6 Å². The Morgan fingerprint density at radius 3 is 2.40 bits per heavy atom. The molecular formula is C24H19Cl2F2N5O2. The summed E-state index contributed by atoms with van der Waals surface area (Å²) in [7, 11) is 0. The second kappa shape index (κ2) is 10.4. The topological polar surface area (TPSA) is 113 Å². The van der Waals surface area contributed by atoms with Crippen LogP contribution in [-0.2, 0) is 4.79 Å². The molecule has 7 nitrogen and oxygen atoms in total. The molecule has 4 rings (SSSR count). The lowest BCUT2D eigenvalue weighted by molar-refractivity contribution is -0.117. The zero-order chi connectivity index (χ0) is 25.1. The SMILES string of the molecule is NCCC(C(=O)Nc1ccc2[nH]nc(NC(=O)c3cc(F)cc(F)c3)c2c1)c1ccc(Cl)c(Cl)c1. The van der Waals surface area contributed by atoms with Gasteiger partial charge < -0.3 is 16.4 Å². The van der Waals surface area contributed by atoms with Crippen LogP contribution in [0.3, 0.4) is 0 Å². The predicted molar refractivity (Wildman–Crippen MR) is 132 cm³/mol. The van der Waals surface area contributed by atoms with Crippen LogP contribution in [0.25, 0.3) is 10.9 Å². The zero-order valence-electron chi connectivity index (χ0n) is 18.0. The number of rotatable bonds is 7. The molecule has 0 aliphatic rings. The first kappa shape index (κ1) is 24.6. The highest BCUT2D eigenvalue weighted by Gasteiger charge is 2.22. The Balaban J connectivity index is 1.57. The lowest BCUT2D eigenvalue weighted by Gasteiger charge is -2.17. The van der Waals surface area contributed by atoms with Crippen LogP contribution in [0.1, 0.15) is 28.3 Å². The number of nitrogens with two attached hydrogens (primary N) is 1. The van der Waals surface area contributed by atoms with E-state index >= 15 is 0 Å². The smallest absolute Gasteiger partial charge is 0.257 e. The molecule has 0 aliphatic carbocycles. The number of anilines is 2. The molecule has 1 unspecified atom stereocenters. The first-order valence-corrected chi connectivity index (χ1v) is 11.2. The van der Waals surface area contributed by atoms with Gasteiger partial charge in [0.25, 0.3) is 5.91 Å². The maximum absolute atomic E-state index is 13.5. The number of benzene rings is 3. The number of amides is 2. The number of aromatic nitrogens is 2. The number of aromatic amines is 1. The van der Waals surface area contributed by atoms with Gasteiger partial charge in [0, 0.05) is 22.7 Å². The van der Waals surface area contributed by atoms with E-state index in [2.05, 4.69) is 20.8 Å². The van der Waals surface area contributed by atoms with Gasteiger partial charge >= 0.3 is 0 Å². The number of carbonyl (C=O) groups is 2. The van der Waals surface area contributed by atoms with E-state index in [-0.39, 0.29) is 23.8 Å². The van der Waals surface area contributed by atoms with E-state index in [9.17, 15) is 18.4 Å². The Labute approximate surface area is 208 Å². The fourth-order valence-corrected chi connectivity index (χ4v) is 3.93. The first-order chi connectivity index (χ1) is 16.7. The van der Waals surface area contributed by atoms with Crippen molar-refractivity contribution in [2.45, 2.75) is 12.3 Å². The van der Waals surface area contributed by atoms with E-state index in [0.29, 0.717) is 44.7 Å². The summed E-state index contributed by atoms with van der Waals surface area (Å²) in [5.74, 6) is -3.24. The molecule has 4 aromatic rings. The number of fused-ring (bicyclic) bond motifs is 1. The lowest BCUT2D eigenvalue weighted by Crippen LogP contribution is -2.23. The number of nitrogens with one attached hydrogen (secondary N) is 3. The molecule has 0 spiro atoms. The fourth-order valence-electron chi connectivity index (χ4n) is 3.63. The Bertz CT molecular complexity index is 1410. The van der Waals surface area contributed by atoms with Crippen molar-refractivity contribution in [3.63, 3.8) is 0 Å². The third-order valence-corrected chi connectivity index (χ3v) is 6.04. The normalized spacial score (nSPS) is 11.9. The minimum Gasteiger partial charge on any atom is -0.330 e. The molecule has 2 amide bonds. The van der Waals surface area contributed by atoms with Gasteiger partial charge in [0.05, 0.1) is 21.5 Å². The number of hydrogen-bond donors (Lipinski definition) is 4. The van der Waals surface area contributed by atoms with Crippen LogP contribution >= 0.6 is 23.2 Å². The molecule has 3 aromatic carbocycles. The summed E-state index contributed by atoms with van der Waals surface area (Å²) in [6.45, 7) is 0.274. The maximum Gasteiger partial charge on any atom is 0.257 e. The van der Waals surface area contributed by atoms with Crippen LogP contribution < -0.4 is 16.4 Å². The summed E-state index contributed by atoms with van der Waals surface area (Å²) in [6.07, 6.45) is 0.378. The van der Waals surface area contributed by atoms with Crippen LogP contribution in [0.5, 0.6) is 0 Å². The van der Waals surface area contributed by atoms with Gasteiger partial charge in [-0.05, 0) is 61.0 Å². The molecule has 0 saturated carbocycles. The highest BCUT2D eigenvalue weighted by Crippen LogP contribution is 2.30. The highest BCUT2D eigenvalue weighted by molar-refractivity contribution is 6.42. The number of H-pyrrole nitrogens is 1. The van der Waals surface area contributed by atoms with E-state index < -0.39 is 23.5 Å². The Kier molecular flexibility index (Phi) is 7.30. The summed E-state index contributed by atoms with van der Waals surface area (Å²) in [6, 6.07) is 12.4. The highest BCUT2D eigenvalue weighted by atomic mass is 35.5. The van der Waals surface area contributed by atoms with E-state index in [1.807, 2.05) is 0 Å². The largest absolute Gasteiger partial charge is 0.330 e. The molecule has 180 valence electrons. The second-order valence-corrected chi connectivity index (χ2v) is 8.55. The Hall–Kier alpha value is -3.53. The molecule has 5 N–H and O–H groups in total. The predicted octanol–water partition coefficient (Wildman–Crippen LogP) is 5.47. The van der Waals surface area contributed by atoms with Gasteiger partial charge in [-0.25, -0.2) is 8.78 Å². The van der Waals surface area contributed by atoms with E-state index in [4.69, 9.17) is 28.9 Å². The lowest BCUT2D eigenvalue weighted by atomic mass is 9.94. The van der Waals surface area contributed by atoms with Gasteiger partial charge in [-0.15, -0.1) is 0 Å². The average molecular weight is 518 g/mol. The summed E-state index contributed by atoms with van der Waals surface area (Å²) >= 11 is 12.1. The molecule has 1 heterocycles. The third kappa shape index (κ3) is 5.59. The van der Waals surface area contributed by atoms with Gasteiger partial charge in [0.1, 0.15) is 11.6 Å². The molecule has 1 aromatic heterocycles. The molecular weight excluding hydrogens is 499 g/mol. The van der Waals surface area contributed by atoms with Gasteiger partial charge in [-0.2, -0.15) is 5.10 Å². The van der Waals surface area contributed by atoms with Gasteiger partial charge in [-0.3, -0.25) is 14.7 Å². The van der Waals surface area contributed by atoms with Crippen molar-refractivity contribution < 1.29 is 18.4 Å². The maximum atomic E-state index is 13.5. The van der Waals surface area contributed by atoms with E-state index in [0.717, 1.165) is 12.1 Å². The van der Waals surface area contributed by atoms with Crippen LogP contribution in [0.4, 0.5) is 20.3 Å². The summed E-state index contributed by atoms with van der Waals surface area (Å²) in [4.78, 5) is 25.6. The zero-order valence-corrected chi connectivity index (χ0v) is 19.6. The third-order valence-electron chi connectivity index (χ3n) is 5.30. The van der Waals surface area contributed by atoms with E-state index in [1.165, 1.54) is 0 Å². The van der Waals surface area contributed by atoms with Crippen molar-refractivity contribution in [3.05, 3.63) is 87.4 Å². The van der Waals surface area contributed by atoms with Crippen LogP contribution in [0.15, 0.2) is 54.6 Å². The standard InChI is InChI=1S/C24H19Cl2F2N5O2/c25-19-3-1-12(9-20(19)26)17(5-6-29)24(35)30-16-2-4-21-18(11-16)22(33-32-21)31-23(34)13-7-14(27)10-15(28)8-13/h1-4,7-11,17H,5-6,29H2,(H,30,35)(H2,31,32,33,34). The summed E-state index contributed by atoms with van der Waals surface area (Å²) in [5, 5.41) is 13.4.